The van der Waals surface area contributed by atoms with Crippen molar-refractivity contribution in [3.8, 4) is 0 Å². The van der Waals surface area contributed by atoms with Gasteiger partial charge >= 0.3 is 12.3 Å². The minimum atomic E-state index is -4.41. The molecule has 0 aromatic heterocycles. The molecule has 20 heavy (non-hydrogen) atoms. The van der Waals surface area contributed by atoms with Crippen LogP contribution < -0.4 is 5.73 Å². The van der Waals surface area contributed by atoms with Crippen LogP contribution in [0.4, 0.5) is 18.0 Å². The zero-order chi connectivity index (χ0) is 15.0. The summed E-state index contributed by atoms with van der Waals surface area (Å²) in [4.78, 5) is 12.0. The zero-order valence-electron chi connectivity index (χ0n) is 10.7. The molecule has 1 saturated heterocycles. The van der Waals surface area contributed by atoms with Crippen molar-refractivity contribution < 1.29 is 23.1 Å². The molecule has 4 nitrogen and oxygen atoms in total. The van der Waals surface area contributed by atoms with E-state index >= 15 is 0 Å². The molecule has 7 heteroatoms. The number of halogens is 3. The predicted molar refractivity (Wildman–Crippen MR) is 66.1 cm³/mol. The quantitative estimate of drug-likeness (QED) is 0.834. The van der Waals surface area contributed by atoms with Gasteiger partial charge in [-0.25, -0.2) is 4.79 Å². The summed E-state index contributed by atoms with van der Waals surface area (Å²) in [6, 6.07) is 4.94. The first-order valence-electron chi connectivity index (χ1n) is 6.17. The number of rotatable bonds is 1. The number of nitrogens with zero attached hydrogens (tertiary/aromatic N) is 1. The first-order chi connectivity index (χ1) is 9.22. The fourth-order valence-corrected chi connectivity index (χ4v) is 2.39. The maximum absolute atomic E-state index is 12.7. The average Bonchev–Trinajstić information content (AvgIpc) is 2.38. The molecule has 1 fully saturated rings. The van der Waals surface area contributed by atoms with Crippen LogP contribution in [0.1, 0.15) is 24.0 Å². The van der Waals surface area contributed by atoms with E-state index in [9.17, 15) is 18.0 Å². The number of nitrogens with two attached hydrogens (primary N) is 1. The Morgan fingerprint density at radius 3 is 2.40 bits per heavy atom. The second kappa shape index (κ2) is 4.97. The molecule has 1 aliphatic heterocycles. The molecular formula is C13H15F3N2O2. The van der Waals surface area contributed by atoms with E-state index in [1.165, 1.54) is 11.0 Å². The number of carbonyl (C=O) groups is 1. The number of hydrogen-bond donors (Lipinski definition) is 2. The minimum absolute atomic E-state index is 0.224. The van der Waals surface area contributed by atoms with Crippen molar-refractivity contribution in [3.63, 3.8) is 0 Å². The molecule has 0 saturated carbocycles. The van der Waals surface area contributed by atoms with Gasteiger partial charge in [0, 0.05) is 18.6 Å². The van der Waals surface area contributed by atoms with Crippen LogP contribution in [0.3, 0.4) is 0 Å². The number of likely N-dealkylation sites (tertiary alicyclic amines) is 1. The SMILES string of the molecule is NC1(c2cccc(C(F)(F)F)c2)CCN(C(=O)O)CC1. The zero-order valence-corrected chi connectivity index (χ0v) is 10.7. The van der Waals surface area contributed by atoms with Gasteiger partial charge in [-0.05, 0) is 30.5 Å². The highest BCUT2D eigenvalue weighted by Gasteiger charge is 2.36. The maximum Gasteiger partial charge on any atom is 0.416 e. The van der Waals surface area contributed by atoms with Crippen LogP contribution in [0.25, 0.3) is 0 Å². The Morgan fingerprint density at radius 2 is 1.90 bits per heavy atom. The second-order valence-corrected chi connectivity index (χ2v) is 5.00. The molecule has 2 rings (SSSR count). The van der Waals surface area contributed by atoms with E-state index in [1.54, 1.807) is 6.07 Å². The van der Waals surface area contributed by atoms with Crippen molar-refractivity contribution in [2.45, 2.75) is 24.6 Å². The van der Waals surface area contributed by atoms with Gasteiger partial charge in [0.05, 0.1) is 5.56 Å². The predicted octanol–water partition coefficient (Wildman–Crippen LogP) is 2.63. The number of hydrogen-bond acceptors (Lipinski definition) is 2. The van der Waals surface area contributed by atoms with Crippen molar-refractivity contribution in [2.24, 2.45) is 5.73 Å². The Balaban J connectivity index is 2.22. The maximum atomic E-state index is 12.7. The molecular weight excluding hydrogens is 273 g/mol. The molecule has 0 radical (unpaired) electrons. The molecule has 3 N–H and O–H groups in total. The summed E-state index contributed by atoms with van der Waals surface area (Å²) >= 11 is 0. The Labute approximate surface area is 114 Å². The lowest BCUT2D eigenvalue weighted by Gasteiger charge is -2.38. The first kappa shape index (κ1) is 14.6. The summed E-state index contributed by atoms with van der Waals surface area (Å²) in [5.74, 6) is 0. The van der Waals surface area contributed by atoms with Crippen LogP contribution in [-0.4, -0.2) is 29.2 Å². The molecule has 0 aliphatic carbocycles. The van der Waals surface area contributed by atoms with Crippen molar-refractivity contribution in [2.75, 3.05) is 13.1 Å². The van der Waals surface area contributed by atoms with E-state index in [4.69, 9.17) is 10.8 Å². The molecule has 1 aliphatic rings. The number of benzene rings is 1. The normalized spacial score (nSPS) is 18.9. The Morgan fingerprint density at radius 1 is 1.30 bits per heavy atom. The highest BCUT2D eigenvalue weighted by atomic mass is 19.4. The monoisotopic (exact) mass is 288 g/mol. The van der Waals surface area contributed by atoms with Crippen LogP contribution in [0, 0.1) is 0 Å². The van der Waals surface area contributed by atoms with Crippen LogP contribution in [0.5, 0.6) is 0 Å². The highest BCUT2D eigenvalue weighted by molar-refractivity contribution is 5.65. The van der Waals surface area contributed by atoms with Gasteiger partial charge in [-0.2, -0.15) is 13.2 Å². The molecule has 1 heterocycles. The summed E-state index contributed by atoms with van der Waals surface area (Å²) < 4.78 is 38.1. The fourth-order valence-electron chi connectivity index (χ4n) is 2.39. The molecule has 0 spiro atoms. The lowest BCUT2D eigenvalue weighted by Crippen LogP contribution is -2.49. The first-order valence-corrected chi connectivity index (χ1v) is 6.17. The topological polar surface area (TPSA) is 66.6 Å². The van der Waals surface area contributed by atoms with Gasteiger partial charge in [-0.1, -0.05) is 12.1 Å². The Hall–Kier alpha value is -1.76. The smallest absolute Gasteiger partial charge is 0.416 e. The third kappa shape index (κ3) is 2.87. The minimum Gasteiger partial charge on any atom is -0.465 e. The van der Waals surface area contributed by atoms with Crippen LogP contribution >= 0.6 is 0 Å². The van der Waals surface area contributed by atoms with Gasteiger partial charge in [0.15, 0.2) is 0 Å². The molecule has 1 aromatic rings. The number of piperidine rings is 1. The summed E-state index contributed by atoms with van der Waals surface area (Å²) in [6.45, 7) is 0.449. The average molecular weight is 288 g/mol. The third-order valence-electron chi connectivity index (χ3n) is 3.69. The van der Waals surface area contributed by atoms with Gasteiger partial charge in [0.1, 0.15) is 0 Å². The van der Waals surface area contributed by atoms with Crippen molar-refractivity contribution in [1.82, 2.24) is 4.90 Å². The lowest BCUT2D eigenvalue weighted by molar-refractivity contribution is -0.137. The van der Waals surface area contributed by atoms with Crippen LogP contribution in [-0.2, 0) is 11.7 Å². The molecule has 110 valence electrons. The Kier molecular flexibility index (Phi) is 3.64. The fraction of sp³-hybridized carbons (Fsp3) is 0.462. The highest BCUT2D eigenvalue weighted by Crippen LogP contribution is 2.35. The van der Waals surface area contributed by atoms with Crippen LogP contribution in [0.2, 0.25) is 0 Å². The Bertz CT molecular complexity index is 509. The van der Waals surface area contributed by atoms with Crippen molar-refractivity contribution in [3.05, 3.63) is 35.4 Å². The van der Waals surface area contributed by atoms with E-state index in [0.717, 1.165) is 12.1 Å². The summed E-state index contributed by atoms with van der Waals surface area (Å²) in [7, 11) is 0. The van der Waals surface area contributed by atoms with Gasteiger partial charge in [0.2, 0.25) is 0 Å². The summed E-state index contributed by atoms with van der Waals surface area (Å²) in [5, 5.41) is 8.87. The van der Waals surface area contributed by atoms with Crippen LogP contribution in [0.15, 0.2) is 24.3 Å². The standard InChI is InChI=1S/C13H15F3N2O2/c14-13(15,16)10-3-1-2-9(8-10)12(17)4-6-18(7-5-12)11(19)20/h1-3,8H,4-7,17H2,(H,19,20). The molecule has 0 unspecified atom stereocenters. The largest absolute Gasteiger partial charge is 0.465 e. The van der Waals surface area contributed by atoms with E-state index in [2.05, 4.69) is 0 Å². The van der Waals surface area contributed by atoms with Crippen molar-refractivity contribution >= 4 is 6.09 Å². The molecule has 0 bridgehead atoms. The number of amides is 1. The van der Waals surface area contributed by atoms with E-state index in [1.807, 2.05) is 0 Å². The van der Waals surface area contributed by atoms with Gasteiger partial charge in [0.25, 0.3) is 0 Å². The molecule has 1 aromatic carbocycles. The third-order valence-corrected chi connectivity index (χ3v) is 3.69. The van der Waals surface area contributed by atoms with E-state index in [0.29, 0.717) is 18.4 Å². The summed E-state index contributed by atoms with van der Waals surface area (Å²) in [6.07, 6.45) is -4.83. The van der Waals surface area contributed by atoms with Gasteiger partial charge < -0.3 is 15.7 Å². The van der Waals surface area contributed by atoms with E-state index < -0.39 is 23.4 Å². The molecule has 1 amide bonds. The molecule has 0 atom stereocenters. The second-order valence-electron chi connectivity index (χ2n) is 5.00. The van der Waals surface area contributed by atoms with Crippen molar-refractivity contribution in [1.29, 1.82) is 0 Å². The lowest BCUT2D eigenvalue weighted by atomic mass is 9.81. The number of carboxylic acid groups (broad SMARTS) is 1. The van der Waals surface area contributed by atoms with Gasteiger partial charge in [-0.3, -0.25) is 0 Å². The summed E-state index contributed by atoms with van der Waals surface area (Å²) in [5.41, 5.74) is 4.92. The van der Waals surface area contributed by atoms with E-state index in [-0.39, 0.29) is 13.1 Å². The number of alkyl halides is 3. The van der Waals surface area contributed by atoms with Gasteiger partial charge in [-0.15, -0.1) is 0 Å².